The maximum atomic E-state index is 4.27. The van der Waals surface area contributed by atoms with Gasteiger partial charge >= 0.3 is 0 Å². The number of hydrogen-bond acceptors (Lipinski definition) is 2. The quantitative estimate of drug-likeness (QED) is 0.741. The van der Waals surface area contributed by atoms with Crippen molar-refractivity contribution >= 4 is 5.82 Å². The van der Waals surface area contributed by atoms with E-state index >= 15 is 0 Å². The fourth-order valence-corrected chi connectivity index (χ4v) is 1.60. The van der Waals surface area contributed by atoms with Crippen molar-refractivity contribution in [3.8, 4) is 0 Å². The molecule has 0 amide bonds. The van der Waals surface area contributed by atoms with Gasteiger partial charge in [-0.3, -0.25) is 5.10 Å². The number of rotatable bonds is 3. The van der Waals surface area contributed by atoms with Crippen molar-refractivity contribution in [3.63, 3.8) is 0 Å². The lowest BCUT2D eigenvalue weighted by molar-refractivity contribution is 0.742. The molecule has 0 bridgehead atoms. The van der Waals surface area contributed by atoms with E-state index in [-0.39, 0.29) is 0 Å². The zero-order chi connectivity index (χ0) is 8.89. The number of nitrogens with one attached hydrogen (secondary N) is 2. The van der Waals surface area contributed by atoms with Gasteiger partial charge in [-0.1, -0.05) is 6.92 Å². The van der Waals surface area contributed by atoms with Crippen molar-refractivity contribution in [2.75, 3.05) is 5.32 Å². The summed E-state index contributed by atoms with van der Waals surface area (Å²) in [4.78, 5) is 0. The molecule has 1 heterocycles. The van der Waals surface area contributed by atoms with Crippen LogP contribution in [0.15, 0.2) is 6.07 Å². The second kappa shape index (κ2) is 2.28. The van der Waals surface area contributed by atoms with Gasteiger partial charge in [-0.2, -0.15) is 5.10 Å². The zero-order valence-electron chi connectivity index (χ0n) is 7.93. The van der Waals surface area contributed by atoms with Crippen LogP contribution in [0.25, 0.3) is 0 Å². The molecule has 2 fully saturated rings. The van der Waals surface area contributed by atoms with Gasteiger partial charge in [0.1, 0.15) is 5.82 Å². The van der Waals surface area contributed by atoms with Crippen molar-refractivity contribution in [2.45, 2.75) is 44.1 Å². The minimum Gasteiger partial charge on any atom is -0.366 e. The van der Waals surface area contributed by atoms with Crippen molar-refractivity contribution in [1.29, 1.82) is 0 Å². The van der Waals surface area contributed by atoms with Crippen LogP contribution in [-0.4, -0.2) is 16.2 Å². The first-order chi connectivity index (χ1) is 6.26. The van der Waals surface area contributed by atoms with Gasteiger partial charge in [0.25, 0.3) is 0 Å². The first kappa shape index (κ1) is 7.42. The largest absolute Gasteiger partial charge is 0.366 e. The van der Waals surface area contributed by atoms with E-state index in [1.807, 2.05) is 0 Å². The topological polar surface area (TPSA) is 40.7 Å². The number of nitrogens with zero attached hydrogens (tertiary/aromatic N) is 1. The van der Waals surface area contributed by atoms with E-state index in [1.54, 1.807) is 0 Å². The molecule has 70 valence electrons. The van der Waals surface area contributed by atoms with Crippen LogP contribution in [0.2, 0.25) is 0 Å². The van der Waals surface area contributed by atoms with Gasteiger partial charge in [0, 0.05) is 23.2 Å². The molecule has 1 aromatic heterocycles. The summed E-state index contributed by atoms with van der Waals surface area (Å²) < 4.78 is 0. The normalized spacial score (nSPS) is 24.4. The van der Waals surface area contributed by atoms with E-state index in [9.17, 15) is 0 Å². The first-order valence-corrected chi connectivity index (χ1v) is 5.09. The number of H-pyrrole nitrogens is 1. The van der Waals surface area contributed by atoms with Crippen LogP contribution in [0.5, 0.6) is 0 Å². The second-order valence-electron chi connectivity index (χ2n) is 4.65. The molecular formula is C10H15N3. The Kier molecular flexibility index (Phi) is 1.30. The molecule has 0 aliphatic heterocycles. The van der Waals surface area contributed by atoms with Gasteiger partial charge < -0.3 is 5.32 Å². The molecular weight excluding hydrogens is 162 g/mol. The van der Waals surface area contributed by atoms with Crippen LogP contribution in [0, 0.1) is 0 Å². The average Bonchev–Trinajstić information content (AvgIpc) is 2.97. The third-order valence-electron chi connectivity index (χ3n) is 3.16. The first-order valence-electron chi connectivity index (χ1n) is 5.09. The predicted molar refractivity (Wildman–Crippen MR) is 51.8 cm³/mol. The van der Waals surface area contributed by atoms with Gasteiger partial charge in [-0.15, -0.1) is 0 Å². The van der Waals surface area contributed by atoms with Gasteiger partial charge in [-0.25, -0.2) is 0 Å². The second-order valence-corrected chi connectivity index (χ2v) is 4.65. The Balaban J connectivity index is 1.76. The molecule has 0 atom stereocenters. The van der Waals surface area contributed by atoms with E-state index in [0.29, 0.717) is 11.5 Å². The molecule has 2 N–H and O–H groups in total. The Hall–Kier alpha value is -0.990. The molecule has 3 nitrogen and oxygen atoms in total. The Bertz CT molecular complexity index is 321. The SMILES string of the molecule is CC1(c2cc(NC3CC3)n[nH]2)CC1. The summed E-state index contributed by atoms with van der Waals surface area (Å²) in [6.45, 7) is 2.29. The lowest BCUT2D eigenvalue weighted by Crippen LogP contribution is -2.00. The Morgan fingerprint density at radius 2 is 2.31 bits per heavy atom. The summed E-state index contributed by atoms with van der Waals surface area (Å²) in [7, 11) is 0. The van der Waals surface area contributed by atoms with E-state index in [4.69, 9.17) is 0 Å². The Labute approximate surface area is 77.9 Å². The molecule has 3 rings (SSSR count). The number of hydrogen-bond donors (Lipinski definition) is 2. The highest BCUT2D eigenvalue weighted by Crippen LogP contribution is 2.47. The van der Waals surface area contributed by atoms with Crippen LogP contribution in [0.4, 0.5) is 5.82 Å². The average molecular weight is 177 g/mol. The maximum Gasteiger partial charge on any atom is 0.148 e. The van der Waals surface area contributed by atoms with E-state index < -0.39 is 0 Å². The summed E-state index contributed by atoms with van der Waals surface area (Å²) in [5, 5.41) is 10.8. The number of aromatic amines is 1. The van der Waals surface area contributed by atoms with Gasteiger partial charge in [0.05, 0.1) is 0 Å². The smallest absolute Gasteiger partial charge is 0.148 e. The minimum atomic E-state index is 0.413. The van der Waals surface area contributed by atoms with Crippen LogP contribution in [0.1, 0.15) is 38.3 Å². The van der Waals surface area contributed by atoms with Crippen molar-refractivity contribution < 1.29 is 0 Å². The lowest BCUT2D eigenvalue weighted by atomic mass is 10.1. The highest BCUT2D eigenvalue weighted by atomic mass is 15.2. The summed E-state index contributed by atoms with van der Waals surface area (Å²) in [6, 6.07) is 2.87. The van der Waals surface area contributed by atoms with Crippen LogP contribution >= 0.6 is 0 Å². The lowest BCUT2D eigenvalue weighted by Gasteiger charge is -2.01. The summed E-state index contributed by atoms with van der Waals surface area (Å²) in [5.74, 6) is 1.03. The molecule has 13 heavy (non-hydrogen) atoms. The fraction of sp³-hybridized carbons (Fsp3) is 0.700. The standard InChI is InChI=1S/C10H15N3/c1-10(4-5-10)8-6-9(13-12-8)11-7-2-3-7/h6-7H,2-5H2,1H3,(H2,11,12,13). The van der Waals surface area contributed by atoms with Crippen LogP contribution in [0.3, 0.4) is 0 Å². The Morgan fingerprint density at radius 1 is 1.54 bits per heavy atom. The number of aromatic nitrogens is 2. The summed E-state index contributed by atoms with van der Waals surface area (Å²) in [6.07, 6.45) is 5.22. The van der Waals surface area contributed by atoms with Gasteiger partial charge in [-0.05, 0) is 25.7 Å². The molecule has 0 radical (unpaired) electrons. The molecule has 1 aromatic rings. The van der Waals surface area contributed by atoms with E-state index in [0.717, 1.165) is 5.82 Å². The zero-order valence-corrected chi connectivity index (χ0v) is 7.93. The van der Waals surface area contributed by atoms with Gasteiger partial charge in [0.2, 0.25) is 0 Å². The molecule has 3 heteroatoms. The summed E-state index contributed by atoms with van der Waals surface area (Å²) >= 11 is 0. The minimum absolute atomic E-state index is 0.413. The molecule has 0 saturated heterocycles. The molecule has 0 unspecified atom stereocenters. The fourth-order valence-electron chi connectivity index (χ4n) is 1.60. The van der Waals surface area contributed by atoms with Crippen LogP contribution < -0.4 is 5.32 Å². The van der Waals surface area contributed by atoms with Crippen molar-refractivity contribution in [3.05, 3.63) is 11.8 Å². The Morgan fingerprint density at radius 3 is 2.92 bits per heavy atom. The van der Waals surface area contributed by atoms with Crippen molar-refractivity contribution in [2.24, 2.45) is 0 Å². The van der Waals surface area contributed by atoms with Gasteiger partial charge in [0.15, 0.2) is 0 Å². The predicted octanol–water partition coefficient (Wildman–Crippen LogP) is 2.04. The molecule has 2 aliphatic rings. The number of anilines is 1. The maximum absolute atomic E-state index is 4.27. The third kappa shape index (κ3) is 1.32. The molecule has 0 spiro atoms. The monoisotopic (exact) mass is 177 g/mol. The van der Waals surface area contributed by atoms with Crippen molar-refractivity contribution in [1.82, 2.24) is 10.2 Å². The molecule has 0 aromatic carbocycles. The molecule has 2 saturated carbocycles. The van der Waals surface area contributed by atoms with E-state index in [2.05, 4.69) is 28.5 Å². The molecule has 2 aliphatic carbocycles. The summed E-state index contributed by atoms with van der Waals surface area (Å²) in [5.41, 5.74) is 1.71. The third-order valence-corrected chi connectivity index (χ3v) is 3.16. The highest BCUT2D eigenvalue weighted by Gasteiger charge is 2.40. The highest BCUT2D eigenvalue weighted by molar-refractivity contribution is 5.41. The van der Waals surface area contributed by atoms with E-state index in [1.165, 1.54) is 31.4 Å². The van der Waals surface area contributed by atoms with Crippen LogP contribution in [-0.2, 0) is 5.41 Å².